The van der Waals surface area contributed by atoms with E-state index >= 15 is 0 Å². The number of rotatable bonds is 3. The Labute approximate surface area is 106 Å². The van der Waals surface area contributed by atoms with Crippen molar-refractivity contribution in [2.75, 3.05) is 13.7 Å². The Balaban J connectivity index is 1.78. The van der Waals surface area contributed by atoms with Crippen LogP contribution in [0.3, 0.4) is 0 Å². The van der Waals surface area contributed by atoms with Gasteiger partial charge < -0.3 is 15.0 Å². The first-order valence-corrected chi connectivity index (χ1v) is 6.08. The molecule has 0 bridgehead atoms. The van der Waals surface area contributed by atoms with Crippen LogP contribution in [0.15, 0.2) is 30.7 Å². The van der Waals surface area contributed by atoms with E-state index in [-0.39, 0.29) is 12.1 Å². The third-order valence-corrected chi connectivity index (χ3v) is 3.32. The van der Waals surface area contributed by atoms with E-state index in [2.05, 4.69) is 20.3 Å². The van der Waals surface area contributed by atoms with Gasteiger partial charge in [0.1, 0.15) is 5.82 Å². The van der Waals surface area contributed by atoms with Crippen LogP contribution >= 0.6 is 0 Å². The molecule has 0 aromatic carbocycles. The lowest BCUT2D eigenvalue weighted by atomic mass is 10.2. The number of hydrogen-bond acceptors (Lipinski definition) is 4. The van der Waals surface area contributed by atoms with Crippen molar-refractivity contribution in [3.63, 3.8) is 0 Å². The number of nitrogens with zero attached hydrogens (tertiary/aromatic N) is 2. The molecule has 2 aromatic heterocycles. The Morgan fingerprint density at radius 1 is 1.39 bits per heavy atom. The van der Waals surface area contributed by atoms with Gasteiger partial charge in [-0.2, -0.15) is 0 Å². The molecule has 0 spiro atoms. The van der Waals surface area contributed by atoms with Gasteiger partial charge in [-0.05, 0) is 18.6 Å². The van der Waals surface area contributed by atoms with Crippen molar-refractivity contribution >= 4 is 0 Å². The summed E-state index contributed by atoms with van der Waals surface area (Å²) in [6, 6.07) is 4.19. The number of aromatic amines is 1. The second-order valence-electron chi connectivity index (χ2n) is 4.48. The Morgan fingerprint density at radius 3 is 3.06 bits per heavy atom. The second kappa shape index (κ2) is 4.88. The van der Waals surface area contributed by atoms with Crippen molar-refractivity contribution in [2.45, 2.75) is 18.6 Å². The molecule has 3 rings (SSSR count). The fraction of sp³-hybridized carbons (Fsp3) is 0.385. The third-order valence-electron chi connectivity index (χ3n) is 3.32. The molecule has 2 atom stereocenters. The summed E-state index contributed by atoms with van der Waals surface area (Å²) in [4.78, 5) is 11.9. The van der Waals surface area contributed by atoms with Gasteiger partial charge in [-0.25, -0.2) is 4.98 Å². The second-order valence-corrected chi connectivity index (χ2v) is 4.48. The summed E-state index contributed by atoms with van der Waals surface area (Å²) in [6.45, 7) is 0.879. The van der Waals surface area contributed by atoms with E-state index < -0.39 is 0 Å². The molecule has 3 heterocycles. The molecule has 94 valence electrons. The zero-order valence-corrected chi connectivity index (χ0v) is 10.3. The first-order chi connectivity index (χ1) is 8.86. The average molecular weight is 244 g/mol. The minimum Gasteiger partial charge on any atom is -0.380 e. The molecule has 2 aromatic rings. The van der Waals surface area contributed by atoms with Crippen LogP contribution in [0.25, 0.3) is 11.3 Å². The van der Waals surface area contributed by atoms with Crippen LogP contribution in [-0.2, 0) is 4.74 Å². The number of nitrogens with one attached hydrogen (secondary N) is 2. The van der Waals surface area contributed by atoms with E-state index in [0.717, 1.165) is 30.0 Å². The van der Waals surface area contributed by atoms with Gasteiger partial charge in [0.05, 0.1) is 24.0 Å². The van der Waals surface area contributed by atoms with Crippen molar-refractivity contribution in [1.29, 1.82) is 0 Å². The topological polar surface area (TPSA) is 62.8 Å². The Morgan fingerprint density at radius 2 is 2.33 bits per heavy atom. The minimum absolute atomic E-state index is 0.250. The first kappa shape index (κ1) is 11.4. The van der Waals surface area contributed by atoms with E-state index in [1.165, 1.54) is 0 Å². The maximum absolute atomic E-state index is 5.34. The Kier molecular flexibility index (Phi) is 3.08. The zero-order chi connectivity index (χ0) is 12.4. The van der Waals surface area contributed by atoms with Crippen LogP contribution in [0.4, 0.5) is 0 Å². The van der Waals surface area contributed by atoms with E-state index in [0.29, 0.717) is 0 Å². The molecule has 5 nitrogen and oxygen atoms in total. The SMILES string of the molecule is CO[C@H]1CN[C@H](c2ncc(-c3cccnc3)[nH]2)C1. The largest absolute Gasteiger partial charge is 0.380 e. The molecular weight excluding hydrogens is 228 g/mol. The highest BCUT2D eigenvalue weighted by molar-refractivity contribution is 5.56. The lowest BCUT2D eigenvalue weighted by Gasteiger charge is -2.06. The lowest BCUT2D eigenvalue weighted by Crippen LogP contribution is -2.16. The van der Waals surface area contributed by atoms with Crippen LogP contribution in [0, 0.1) is 0 Å². The molecule has 1 fully saturated rings. The molecule has 18 heavy (non-hydrogen) atoms. The minimum atomic E-state index is 0.250. The van der Waals surface area contributed by atoms with Gasteiger partial charge >= 0.3 is 0 Å². The maximum atomic E-state index is 5.34. The molecule has 1 aliphatic rings. The van der Waals surface area contributed by atoms with Gasteiger partial charge in [0.2, 0.25) is 0 Å². The lowest BCUT2D eigenvalue weighted by molar-refractivity contribution is 0.117. The number of imidazole rings is 1. The molecule has 5 heteroatoms. The summed E-state index contributed by atoms with van der Waals surface area (Å²) in [5, 5.41) is 3.40. The fourth-order valence-corrected chi connectivity index (χ4v) is 2.27. The van der Waals surface area contributed by atoms with Crippen LogP contribution in [0.2, 0.25) is 0 Å². The highest BCUT2D eigenvalue weighted by Gasteiger charge is 2.27. The molecule has 0 radical (unpaired) electrons. The molecule has 0 aliphatic carbocycles. The summed E-state index contributed by atoms with van der Waals surface area (Å²) in [5.74, 6) is 0.966. The predicted octanol–water partition coefficient (Wildman–Crippen LogP) is 1.52. The van der Waals surface area contributed by atoms with Crippen LogP contribution in [0.5, 0.6) is 0 Å². The quantitative estimate of drug-likeness (QED) is 0.859. The predicted molar refractivity (Wildman–Crippen MR) is 68.0 cm³/mol. The van der Waals surface area contributed by atoms with Gasteiger partial charge in [-0.1, -0.05) is 0 Å². The monoisotopic (exact) mass is 244 g/mol. The van der Waals surface area contributed by atoms with E-state index in [1.807, 2.05) is 24.5 Å². The number of ether oxygens (including phenoxy) is 1. The van der Waals surface area contributed by atoms with E-state index in [9.17, 15) is 0 Å². The number of methoxy groups -OCH3 is 1. The van der Waals surface area contributed by atoms with Crippen molar-refractivity contribution in [2.24, 2.45) is 0 Å². The van der Waals surface area contributed by atoms with E-state index in [4.69, 9.17) is 4.74 Å². The smallest absolute Gasteiger partial charge is 0.123 e. The van der Waals surface area contributed by atoms with Crippen LogP contribution in [-0.4, -0.2) is 34.7 Å². The average Bonchev–Trinajstić information content (AvgIpc) is 3.08. The van der Waals surface area contributed by atoms with Gasteiger partial charge in [0.25, 0.3) is 0 Å². The van der Waals surface area contributed by atoms with Gasteiger partial charge in [0.15, 0.2) is 0 Å². The molecule has 2 N–H and O–H groups in total. The zero-order valence-electron chi connectivity index (χ0n) is 10.3. The van der Waals surface area contributed by atoms with Crippen molar-refractivity contribution < 1.29 is 4.74 Å². The summed E-state index contributed by atoms with van der Waals surface area (Å²) in [5.41, 5.74) is 2.05. The standard InChI is InChI=1S/C13H16N4O/c1-18-10-5-11(15-7-10)13-16-8-12(17-13)9-3-2-4-14-6-9/h2-4,6,8,10-11,15H,5,7H2,1H3,(H,16,17)/t10-,11+/m1/s1. The summed E-state index contributed by atoms with van der Waals surface area (Å²) >= 11 is 0. The first-order valence-electron chi connectivity index (χ1n) is 6.08. The Hall–Kier alpha value is -1.72. The highest BCUT2D eigenvalue weighted by atomic mass is 16.5. The molecule has 0 unspecified atom stereocenters. The van der Waals surface area contributed by atoms with Gasteiger partial charge in [-0.15, -0.1) is 0 Å². The van der Waals surface area contributed by atoms with Gasteiger partial charge in [-0.3, -0.25) is 4.98 Å². The third kappa shape index (κ3) is 2.14. The normalized spacial score (nSPS) is 23.4. The number of hydrogen-bond donors (Lipinski definition) is 2. The fourth-order valence-electron chi connectivity index (χ4n) is 2.27. The summed E-state index contributed by atoms with van der Waals surface area (Å²) in [7, 11) is 1.75. The number of H-pyrrole nitrogens is 1. The van der Waals surface area contributed by atoms with E-state index in [1.54, 1.807) is 13.3 Å². The summed E-state index contributed by atoms with van der Waals surface area (Å²) < 4.78 is 5.34. The number of pyridine rings is 1. The Bertz CT molecular complexity index is 511. The highest BCUT2D eigenvalue weighted by Crippen LogP contribution is 2.24. The van der Waals surface area contributed by atoms with Crippen molar-refractivity contribution in [3.8, 4) is 11.3 Å². The summed E-state index contributed by atoms with van der Waals surface area (Å²) in [6.07, 6.45) is 6.69. The van der Waals surface area contributed by atoms with Gasteiger partial charge in [0, 0.05) is 31.6 Å². The van der Waals surface area contributed by atoms with Crippen LogP contribution < -0.4 is 5.32 Å². The molecule has 0 amide bonds. The van der Waals surface area contributed by atoms with Crippen molar-refractivity contribution in [3.05, 3.63) is 36.5 Å². The molecular formula is C13H16N4O. The molecule has 1 aliphatic heterocycles. The molecule has 1 saturated heterocycles. The van der Waals surface area contributed by atoms with Crippen LogP contribution in [0.1, 0.15) is 18.3 Å². The molecule has 0 saturated carbocycles. The van der Waals surface area contributed by atoms with Crippen molar-refractivity contribution in [1.82, 2.24) is 20.3 Å². The maximum Gasteiger partial charge on any atom is 0.123 e. The number of aromatic nitrogens is 3.